The van der Waals surface area contributed by atoms with Crippen LogP contribution >= 0.6 is 12.4 Å². The number of benzene rings is 1. The molecule has 0 heterocycles. The second kappa shape index (κ2) is 7.20. The van der Waals surface area contributed by atoms with Crippen LogP contribution in [0.1, 0.15) is 55.7 Å². The number of anilines is 1. The van der Waals surface area contributed by atoms with E-state index in [1.54, 1.807) is 0 Å². The van der Waals surface area contributed by atoms with Crippen molar-refractivity contribution < 1.29 is 8.42 Å². The van der Waals surface area contributed by atoms with Crippen molar-refractivity contribution in [3.63, 3.8) is 0 Å². The van der Waals surface area contributed by atoms with Gasteiger partial charge >= 0.3 is 0 Å². The van der Waals surface area contributed by atoms with Gasteiger partial charge in [0.15, 0.2) is 0 Å². The van der Waals surface area contributed by atoms with E-state index in [9.17, 15) is 8.42 Å². The van der Waals surface area contributed by atoms with Crippen molar-refractivity contribution in [1.82, 2.24) is 4.72 Å². The van der Waals surface area contributed by atoms with Crippen LogP contribution in [0, 0.1) is 5.92 Å². The molecule has 0 saturated heterocycles. The highest BCUT2D eigenvalue weighted by molar-refractivity contribution is 7.89. The van der Waals surface area contributed by atoms with Crippen LogP contribution in [0.25, 0.3) is 0 Å². The molecule has 0 aliphatic heterocycles. The summed E-state index contributed by atoms with van der Waals surface area (Å²) in [4.78, 5) is 0. The lowest BCUT2D eigenvalue weighted by Gasteiger charge is -2.27. The van der Waals surface area contributed by atoms with Crippen molar-refractivity contribution in [1.29, 1.82) is 0 Å². The minimum atomic E-state index is -3.20. The van der Waals surface area contributed by atoms with Gasteiger partial charge in [-0.1, -0.05) is 18.9 Å². The third kappa shape index (κ3) is 4.15. The van der Waals surface area contributed by atoms with Gasteiger partial charge in [-0.2, -0.15) is 0 Å². The van der Waals surface area contributed by atoms with Gasteiger partial charge < -0.3 is 5.73 Å². The Bertz CT molecular complexity index is 613. The molecule has 2 aliphatic carbocycles. The first kappa shape index (κ1) is 17.6. The van der Waals surface area contributed by atoms with Crippen LogP contribution in [0.2, 0.25) is 0 Å². The molecule has 1 aromatic carbocycles. The molecule has 1 unspecified atom stereocenters. The van der Waals surface area contributed by atoms with Crippen LogP contribution in [0.3, 0.4) is 0 Å². The standard InChI is InChI=1S/C16H24N2O2S.ClH/c17-14-8-9-15-13(10-14)6-3-7-16(15)18-21(19,20)11-12-4-1-2-5-12;/h8-10,12,16,18H,1-7,11,17H2;1H. The van der Waals surface area contributed by atoms with E-state index < -0.39 is 10.0 Å². The zero-order valence-corrected chi connectivity index (χ0v) is 14.4. The third-order valence-electron chi connectivity index (χ3n) is 4.73. The average Bonchev–Trinajstić information content (AvgIpc) is 2.90. The maximum atomic E-state index is 12.4. The summed E-state index contributed by atoms with van der Waals surface area (Å²) in [6.07, 6.45) is 7.32. The molecule has 2 aliphatic rings. The summed E-state index contributed by atoms with van der Waals surface area (Å²) in [5, 5.41) is 0. The summed E-state index contributed by atoms with van der Waals surface area (Å²) in [7, 11) is -3.20. The number of hydrogen-bond donors (Lipinski definition) is 2. The van der Waals surface area contributed by atoms with Crippen molar-refractivity contribution in [3.8, 4) is 0 Å². The van der Waals surface area contributed by atoms with Crippen LogP contribution in [0.15, 0.2) is 18.2 Å². The molecule has 0 radical (unpaired) electrons. The fourth-order valence-corrected chi connectivity index (χ4v) is 5.44. The number of nitrogen functional groups attached to an aromatic ring is 1. The van der Waals surface area contributed by atoms with E-state index in [0.29, 0.717) is 5.92 Å². The first-order valence-electron chi connectivity index (χ1n) is 7.92. The molecule has 0 amide bonds. The van der Waals surface area contributed by atoms with Crippen LogP contribution in [-0.2, 0) is 16.4 Å². The van der Waals surface area contributed by atoms with Crippen LogP contribution < -0.4 is 10.5 Å². The van der Waals surface area contributed by atoms with E-state index >= 15 is 0 Å². The number of hydrogen-bond acceptors (Lipinski definition) is 3. The fourth-order valence-electron chi connectivity index (χ4n) is 3.71. The molecule has 6 heteroatoms. The zero-order valence-electron chi connectivity index (χ0n) is 12.8. The SMILES string of the molecule is Cl.Nc1ccc2c(c1)CCCC2NS(=O)(=O)CC1CCCC1. The van der Waals surface area contributed by atoms with Crippen molar-refractivity contribution in [2.24, 2.45) is 5.92 Å². The number of halogens is 1. The summed E-state index contributed by atoms with van der Waals surface area (Å²) in [5.74, 6) is 0.630. The van der Waals surface area contributed by atoms with E-state index in [2.05, 4.69) is 4.72 Å². The van der Waals surface area contributed by atoms with Gasteiger partial charge in [-0.05, 0) is 61.3 Å². The van der Waals surface area contributed by atoms with Crippen LogP contribution in [0.5, 0.6) is 0 Å². The van der Waals surface area contributed by atoms with E-state index in [-0.39, 0.29) is 24.2 Å². The Morgan fingerprint density at radius 2 is 1.86 bits per heavy atom. The van der Waals surface area contributed by atoms with Crippen molar-refractivity contribution in [2.75, 3.05) is 11.5 Å². The van der Waals surface area contributed by atoms with Gasteiger partial charge in [0.25, 0.3) is 0 Å². The molecule has 3 rings (SSSR count). The van der Waals surface area contributed by atoms with Gasteiger partial charge in [-0.3, -0.25) is 0 Å². The molecule has 3 N–H and O–H groups in total. The van der Waals surface area contributed by atoms with Crippen LogP contribution in [-0.4, -0.2) is 14.2 Å². The number of nitrogens with one attached hydrogen (secondary N) is 1. The van der Waals surface area contributed by atoms with Crippen molar-refractivity contribution in [3.05, 3.63) is 29.3 Å². The van der Waals surface area contributed by atoms with E-state index in [1.165, 1.54) is 18.4 Å². The quantitative estimate of drug-likeness (QED) is 0.824. The molecule has 1 atom stereocenters. The van der Waals surface area contributed by atoms with Gasteiger partial charge in [0.05, 0.1) is 5.75 Å². The number of rotatable bonds is 4. The minimum Gasteiger partial charge on any atom is -0.399 e. The Hall–Kier alpha value is -0.780. The summed E-state index contributed by atoms with van der Waals surface area (Å²) in [6.45, 7) is 0. The summed E-state index contributed by atoms with van der Waals surface area (Å²) >= 11 is 0. The first-order valence-corrected chi connectivity index (χ1v) is 9.57. The van der Waals surface area contributed by atoms with E-state index in [1.807, 2.05) is 18.2 Å². The lowest BCUT2D eigenvalue weighted by Crippen LogP contribution is -2.34. The van der Waals surface area contributed by atoms with Gasteiger partial charge in [0, 0.05) is 11.7 Å². The lowest BCUT2D eigenvalue weighted by molar-refractivity contribution is 0.496. The Kier molecular flexibility index (Phi) is 5.75. The Balaban J connectivity index is 0.00000176. The molecule has 22 heavy (non-hydrogen) atoms. The molecule has 0 aromatic heterocycles. The number of sulfonamides is 1. The van der Waals surface area contributed by atoms with Gasteiger partial charge in [-0.15, -0.1) is 12.4 Å². The summed E-state index contributed by atoms with van der Waals surface area (Å²) in [6, 6.07) is 5.74. The monoisotopic (exact) mass is 344 g/mol. The molecule has 1 fully saturated rings. The molecule has 124 valence electrons. The number of fused-ring (bicyclic) bond motifs is 1. The van der Waals surface area contributed by atoms with Gasteiger partial charge in [0.2, 0.25) is 10.0 Å². The predicted molar refractivity (Wildman–Crippen MR) is 92.7 cm³/mol. The second-order valence-corrected chi connectivity index (χ2v) is 8.25. The highest BCUT2D eigenvalue weighted by atomic mass is 35.5. The Morgan fingerprint density at radius 3 is 2.59 bits per heavy atom. The molecular formula is C16H25ClN2O2S. The predicted octanol–water partition coefficient (Wildman–Crippen LogP) is 3.18. The van der Waals surface area contributed by atoms with Crippen LogP contribution in [0.4, 0.5) is 5.69 Å². The molecular weight excluding hydrogens is 320 g/mol. The van der Waals surface area contributed by atoms with Gasteiger partial charge in [-0.25, -0.2) is 13.1 Å². The smallest absolute Gasteiger partial charge is 0.212 e. The molecule has 0 bridgehead atoms. The molecule has 1 saturated carbocycles. The maximum absolute atomic E-state index is 12.4. The molecule has 1 aromatic rings. The van der Waals surface area contributed by atoms with Gasteiger partial charge in [0.1, 0.15) is 0 Å². The first-order chi connectivity index (χ1) is 10.0. The number of aryl methyl sites for hydroxylation is 1. The highest BCUT2D eigenvalue weighted by Crippen LogP contribution is 2.32. The topological polar surface area (TPSA) is 72.2 Å². The average molecular weight is 345 g/mol. The largest absolute Gasteiger partial charge is 0.399 e. The molecule has 4 nitrogen and oxygen atoms in total. The normalized spacial score (nSPS) is 22.1. The second-order valence-electron chi connectivity index (χ2n) is 6.45. The van der Waals surface area contributed by atoms with E-state index in [0.717, 1.165) is 43.4 Å². The molecule has 0 spiro atoms. The zero-order chi connectivity index (χ0) is 14.9. The third-order valence-corrected chi connectivity index (χ3v) is 6.29. The summed E-state index contributed by atoms with van der Waals surface area (Å²) in [5.41, 5.74) is 8.87. The van der Waals surface area contributed by atoms with E-state index in [4.69, 9.17) is 5.73 Å². The van der Waals surface area contributed by atoms with Crippen molar-refractivity contribution >= 4 is 28.1 Å². The minimum absolute atomic E-state index is 0. The highest BCUT2D eigenvalue weighted by Gasteiger charge is 2.27. The maximum Gasteiger partial charge on any atom is 0.212 e. The van der Waals surface area contributed by atoms with Crippen molar-refractivity contribution in [2.45, 2.75) is 51.0 Å². The fraction of sp³-hybridized carbons (Fsp3) is 0.625. The Labute approximate surface area is 139 Å². The lowest BCUT2D eigenvalue weighted by atomic mass is 9.88. The summed E-state index contributed by atoms with van der Waals surface area (Å²) < 4.78 is 27.7. The number of nitrogens with two attached hydrogens (primary N) is 1. The Morgan fingerprint density at radius 1 is 1.14 bits per heavy atom.